The Morgan fingerprint density at radius 2 is 1.93 bits per heavy atom. The van der Waals surface area contributed by atoms with E-state index in [2.05, 4.69) is 17.1 Å². The van der Waals surface area contributed by atoms with Gasteiger partial charge in [-0.05, 0) is 68.2 Å². The molecule has 9 heteroatoms. The molecule has 0 radical (unpaired) electrons. The van der Waals surface area contributed by atoms with Crippen molar-refractivity contribution in [2.75, 3.05) is 32.5 Å². The lowest BCUT2D eigenvalue weighted by Crippen LogP contribution is -2.39. The molecule has 0 spiro atoms. The number of fused-ring (bicyclic) bond motifs is 4. The molecule has 0 bridgehead atoms. The predicted molar refractivity (Wildman–Crippen MR) is 152 cm³/mol. The molecular weight excluding hydrogens is 508 g/mol. The van der Waals surface area contributed by atoms with Crippen molar-refractivity contribution in [3.05, 3.63) is 70.3 Å². The second-order valence-corrected chi connectivity index (χ2v) is 11.6. The Bertz CT molecular complexity index is 1560. The molecule has 3 aliphatic rings. The Hall–Kier alpha value is -4.11. The molecule has 1 atom stereocenters. The summed E-state index contributed by atoms with van der Waals surface area (Å²) in [6.07, 6.45) is 2.51. The normalized spacial score (nSPS) is 18.1. The van der Waals surface area contributed by atoms with Gasteiger partial charge in [-0.15, -0.1) is 0 Å². The number of nitrogens with two attached hydrogens (primary N) is 1. The Morgan fingerprint density at radius 3 is 2.67 bits per heavy atom. The number of pyridine rings is 1. The fraction of sp³-hybridized carbons (Fsp3) is 0.387. The lowest BCUT2D eigenvalue weighted by molar-refractivity contribution is 0.0270. The standard InChI is InChI=1S/C31H34N4O5/c1-31(2,3)40-30(37)35-11-9-18(10-12-35)19-5-7-21-26(17-39-27(21)14-19)34(4)29(36)20-6-8-25-22(13-20)23-15-38-16-24(23)28(32)33-25/h5-9,13-14,26H,10-12,15-17H2,1-4H3,(H2,32,33). The Morgan fingerprint density at radius 1 is 1.12 bits per heavy atom. The molecule has 3 aromatic rings. The van der Waals surface area contributed by atoms with E-state index < -0.39 is 5.60 Å². The van der Waals surface area contributed by atoms with Crippen LogP contribution >= 0.6 is 0 Å². The molecule has 0 aliphatic carbocycles. The summed E-state index contributed by atoms with van der Waals surface area (Å²) in [5, 5.41) is 0.902. The van der Waals surface area contributed by atoms with Crippen molar-refractivity contribution in [3.63, 3.8) is 0 Å². The van der Waals surface area contributed by atoms with Crippen molar-refractivity contribution < 1.29 is 23.8 Å². The van der Waals surface area contributed by atoms with Gasteiger partial charge in [-0.25, -0.2) is 9.78 Å². The van der Waals surface area contributed by atoms with Gasteiger partial charge in [0.15, 0.2) is 0 Å². The van der Waals surface area contributed by atoms with Gasteiger partial charge in [0.05, 0.1) is 24.8 Å². The van der Waals surface area contributed by atoms with Crippen molar-refractivity contribution >= 4 is 34.3 Å². The molecule has 4 heterocycles. The van der Waals surface area contributed by atoms with E-state index in [1.165, 1.54) is 5.57 Å². The minimum absolute atomic E-state index is 0.0888. The van der Waals surface area contributed by atoms with Crippen LogP contribution in [0.15, 0.2) is 42.5 Å². The summed E-state index contributed by atoms with van der Waals surface area (Å²) < 4.78 is 17.2. The Labute approximate surface area is 233 Å². The van der Waals surface area contributed by atoms with Crippen molar-refractivity contribution in [1.29, 1.82) is 0 Å². The number of hydrogen-bond donors (Lipinski definition) is 1. The molecule has 2 N–H and O–H groups in total. The molecular formula is C31H34N4O5. The summed E-state index contributed by atoms with van der Waals surface area (Å²) in [4.78, 5) is 33.9. The van der Waals surface area contributed by atoms with Crippen LogP contribution in [0.5, 0.6) is 5.75 Å². The second-order valence-electron chi connectivity index (χ2n) is 11.6. The van der Waals surface area contributed by atoms with Crippen LogP contribution in [0.4, 0.5) is 10.6 Å². The van der Waals surface area contributed by atoms with Gasteiger partial charge in [0, 0.05) is 42.2 Å². The van der Waals surface area contributed by atoms with E-state index in [1.54, 1.807) is 15.9 Å². The SMILES string of the molecule is CN(C(=O)c1ccc2nc(N)c3c(c2c1)COC3)C1COc2cc(C3=CCN(C(=O)OC(C)(C)C)CC3)ccc21. The molecule has 40 heavy (non-hydrogen) atoms. The maximum Gasteiger partial charge on any atom is 0.410 e. The minimum atomic E-state index is -0.515. The fourth-order valence-corrected chi connectivity index (χ4v) is 5.59. The predicted octanol–water partition coefficient (Wildman–Crippen LogP) is 5.08. The fourth-order valence-electron chi connectivity index (χ4n) is 5.59. The van der Waals surface area contributed by atoms with E-state index in [0.717, 1.165) is 45.3 Å². The van der Waals surface area contributed by atoms with Crippen LogP contribution in [0.2, 0.25) is 0 Å². The van der Waals surface area contributed by atoms with Gasteiger partial charge in [0.2, 0.25) is 0 Å². The van der Waals surface area contributed by atoms with E-state index in [4.69, 9.17) is 19.9 Å². The lowest BCUT2D eigenvalue weighted by atomic mass is 9.96. The van der Waals surface area contributed by atoms with Crippen molar-refractivity contribution in [3.8, 4) is 5.75 Å². The summed E-state index contributed by atoms with van der Waals surface area (Å²) in [7, 11) is 1.81. The zero-order valence-electron chi connectivity index (χ0n) is 23.3. The number of hydrogen-bond acceptors (Lipinski definition) is 7. The van der Waals surface area contributed by atoms with Gasteiger partial charge >= 0.3 is 6.09 Å². The topological polar surface area (TPSA) is 107 Å². The van der Waals surface area contributed by atoms with Gasteiger partial charge < -0.3 is 29.7 Å². The van der Waals surface area contributed by atoms with Gasteiger partial charge in [-0.1, -0.05) is 18.2 Å². The van der Waals surface area contributed by atoms with E-state index in [0.29, 0.717) is 44.3 Å². The number of amides is 2. The number of carbonyl (C=O) groups is 2. The average Bonchev–Trinajstić information content (AvgIpc) is 3.59. The van der Waals surface area contributed by atoms with Crippen molar-refractivity contribution in [2.24, 2.45) is 0 Å². The molecule has 208 valence electrons. The number of nitrogen functional groups attached to an aromatic ring is 1. The largest absolute Gasteiger partial charge is 0.491 e. The summed E-state index contributed by atoms with van der Waals surface area (Å²) >= 11 is 0. The molecule has 0 saturated carbocycles. The number of rotatable bonds is 3. The molecule has 2 amide bonds. The van der Waals surface area contributed by atoms with E-state index in [9.17, 15) is 9.59 Å². The van der Waals surface area contributed by atoms with Crippen LogP contribution in [0.25, 0.3) is 16.5 Å². The molecule has 0 saturated heterocycles. The zero-order valence-corrected chi connectivity index (χ0v) is 23.3. The van der Waals surface area contributed by atoms with E-state index >= 15 is 0 Å². The third-order valence-electron chi connectivity index (χ3n) is 7.76. The highest BCUT2D eigenvalue weighted by atomic mass is 16.6. The van der Waals surface area contributed by atoms with E-state index in [1.807, 2.05) is 52.1 Å². The average molecular weight is 543 g/mol. The van der Waals surface area contributed by atoms with Crippen molar-refractivity contribution in [2.45, 2.75) is 52.0 Å². The summed E-state index contributed by atoms with van der Waals surface area (Å²) in [5.74, 6) is 1.18. The van der Waals surface area contributed by atoms with Crippen LogP contribution in [-0.4, -0.2) is 59.1 Å². The van der Waals surface area contributed by atoms with E-state index in [-0.39, 0.29) is 18.0 Å². The first kappa shape index (κ1) is 26.1. The number of benzene rings is 2. The number of anilines is 1. The minimum Gasteiger partial charge on any atom is -0.491 e. The summed E-state index contributed by atoms with van der Waals surface area (Å²) in [6, 6.07) is 11.5. The summed E-state index contributed by atoms with van der Waals surface area (Å²) in [6.45, 7) is 8.02. The number of likely N-dealkylation sites (N-methyl/N-ethyl adjacent to an activating group) is 1. The Kier molecular flexibility index (Phi) is 6.41. The number of carbonyl (C=O) groups excluding carboxylic acids is 2. The van der Waals surface area contributed by atoms with Crippen LogP contribution in [0.1, 0.15) is 65.8 Å². The van der Waals surface area contributed by atoms with Crippen LogP contribution in [-0.2, 0) is 22.7 Å². The zero-order chi connectivity index (χ0) is 28.2. The third-order valence-corrected chi connectivity index (χ3v) is 7.76. The Balaban J connectivity index is 1.18. The third kappa shape index (κ3) is 4.75. The number of aromatic nitrogens is 1. The van der Waals surface area contributed by atoms with Gasteiger partial charge in [0.1, 0.15) is 23.8 Å². The quantitative estimate of drug-likeness (QED) is 0.492. The molecule has 2 aromatic carbocycles. The van der Waals surface area contributed by atoms with Gasteiger partial charge in [-0.2, -0.15) is 0 Å². The molecule has 9 nitrogen and oxygen atoms in total. The number of ether oxygens (including phenoxy) is 3. The van der Waals surface area contributed by atoms with Crippen LogP contribution < -0.4 is 10.5 Å². The lowest BCUT2D eigenvalue weighted by Gasteiger charge is -2.29. The maximum atomic E-state index is 13.6. The highest BCUT2D eigenvalue weighted by Crippen LogP contribution is 2.39. The molecule has 0 fully saturated rings. The summed E-state index contributed by atoms with van der Waals surface area (Å²) in [5.41, 5.74) is 12.1. The highest BCUT2D eigenvalue weighted by Gasteiger charge is 2.32. The monoisotopic (exact) mass is 542 g/mol. The maximum absolute atomic E-state index is 13.6. The van der Waals surface area contributed by atoms with Gasteiger partial charge in [0.25, 0.3) is 5.91 Å². The molecule has 1 unspecified atom stereocenters. The van der Waals surface area contributed by atoms with Crippen molar-refractivity contribution in [1.82, 2.24) is 14.8 Å². The number of nitrogens with zero attached hydrogens (tertiary/aromatic N) is 3. The smallest absolute Gasteiger partial charge is 0.410 e. The second kappa shape index (κ2) is 9.82. The molecule has 6 rings (SSSR count). The molecule has 1 aromatic heterocycles. The van der Waals surface area contributed by atoms with Crippen LogP contribution in [0.3, 0.4) is 0 Å². The first-order valence-electron chi connectivity index (χ1n) is 13.6. The molecule has 3 aliphatic heterocycles. The van der Waals surface area contributed by atoms with Crippen LogP contribution in [0, 0.1) is 0 Å². The van der Waals surface area contributed by atoms with Gasteiger partial charge in [-0.3, -0.25) is 4.79 Å². The first-order valence-corrected chi connectivity index (χ1v) is 13.6. The first-order chi connectivity index (χ1) is 19.1. The highest BCUT2D eigenvalue weighted by molar-refractivity contribution is 5.99.